The van der Waals surface area contributed by atoms with E-state index in [2.05, 4.69) is 25.2 Å². The van der Waals surface area contributed by atoms with Crippen molar-refractivity contribution in [2.24, 2.45) is 5.41 Å². The number of benzene rings is 1. The molecule has 190 valence electrons. The van der Waals surface area contributed by atoms with Gasteiger partial charge in [-0.15, -0.1) is 0 Å². The molecule has 6 rings (SSSR count). The number of likely N-dealkylation sites (tertiary alicyclic amines) is 1. The minimum atomic E-state index is -2.91. The van der Waals surface area contributed by atoms with E-state index >= 15 is 0 Å². The molecular weight excluding hydrogens is 469 g/mol. The molecule has 36 heavy (non-hydrogen) atoms. The van der Waals surface area contributed by atoms with E-state index < -0.39 is 23.7 Å². The van der Waals surface area contributed by atoms with Crippen LogP contribution in [0.3, 0.4) is 0 Å². The molecule has 3 fully saturated rings. The summed E-state index contributed by atoms with van der Waals surface area (Å²) in [7, 11) is 0. The maximum Gasteiger partial charge on any atom is 0.266 e. The first-order valence-corrected chi connectivity index (χ1v) is 12.6. The largest absolute Gasteiger partial charge is 0.368 e. The van der Waals surface area contributed by atoms with Crippen LogP contribution in [0.25, 0.3) is 5.65 Å². The van der Waals surface area contributed by atoms with Crippen molar-refractivity contribution >= 4 is 17.2 Å². The number of nitrogens with one attached hydrogen (secondary N) is 1. The number of hydrogen-bond acceptors (Lipinski definition) is 5. The van der Waals surface area contributed by atoms with Gasteiger partial charge in [-0.25, -0.2) is 22.7 Å². The Morgan fingerprint density at radius 1 is 1.17 bits per heavy atom. The van der Waals surface area contributed by atoms with Gasteiger partial charge in [-0.3, -0.25) is 9.69 Å². The molecule has 1 aromatic carbocycles. The number of anilines is 1. The molecule has 2 aromatic heterocycles. The predicted octanol–water partition coefficient (Wildman–Crippen LogP) is 4.19. The highest BCUT2D eigenvalue weighted by Gasteiger charge is 2.49. The minimum absolute atomic E-state index is 0.0140. The average molecular weight is 499 g/mol. The third-order valence-electron chi connectivity index (χ3n) is 8.15. The fourth-order valence-corrected chi connectivity index (χ4v) is 5.79. The molecule has 1 N–H and O–H groups in total. The standard InChI is InChI=1S/C26H29F3N6O/c27-22-17(2-1-3-20(22)23(28)29)13-30-25(36)18-12-21(24-31-16-32-35(24)14-18)33-9-4-19(5-10-33)34-11-8-26(15-34)6-7-26/h1-3,12,14,16,19,23H,4-11,13,15H2,(H,30,36). The molecule has 7 nitrogen and oxygen atoms in total. The molecule has 0 bridgehead atoms. The molecule has 1 spiro atoms. The fraction of sp³-hybridized carbons (Fsp3) is 0.500. The summed E-state index contributed by atoms with van der Waals surface area (Å²) in [5.41, 5.74) is 1.84. The molecular formula is C26H29F3N6O. The van der Waals surface area contributed by atoms with Gasteiger partial charge >= 0.3 is 0 Å². The van der Waals surface area contributed by atoms with E-state index in [1.54, 1.807) is 16.8 Å². The van der Waals surface area contributed by atoms with Crippen LogP contribution in [0.15, 0.2) is 36.8 Å². The van der Waals surface area contributed by atoms with Crippen LogP contribution in [0, 0.1) is 11.2 Å². The summed E-state index contributed by atoms with van der Waals surface area (Å²) < 4.78 is 42.0. The number of nitrogens with zero attached hydrogens (tertiary/aromatic N) is 5. The van der Waals surface area contributed by atoms with Crippen LogP contribution in [0.2, 0.25) is 0 Å². The van der Waals surface area contributed by atoms with Gasteiger partial charge in [0, 0.05) is 44.0 Å². The van der Waals surface area contributed by atoms with E-state index in [9.17, 15) is 18.0 Å². The Hall–Kier alpha value is -3.14. The van der Waals surface area contributed by atoms with E-state index in [0.29, 0.717) is 22.7 Å². The zero-order valence-corrected chi connectivity index (χ0v) is 20.0. The van der Waals surface area contributed by atoms with Crippen LogP contribution in [0.1, 0.15) is 60.0 Å². The highest BCUT2D eigenvalue weighted by Crippen LogP contribution is 2.53. The Balaban J connectivity index is 1.16. The minimum Gasteiger partial charge on any atom is -0.368 e. The molecule has 2 aliphatic heterocycles. The van der Waals surface area contributed by atoms with E-state index in [0.717, 1.165) is 37.7 Å². The summed E-state index contributed by atoms with van der Waals surface area (Å²) in [4.78, 5) is 22.3. The molecule has 4 heterocycles. The normalized spacial score (nSPS) is 20.1. The topological polar surface area (TPSA) is 65.8 Å². The lowest BCUT2D eigenvalue weighted by atomic mass is 10.0. The summed E-state index contributed by atoms with van der Waals surface area (Å²) in [5.74, 6) is -1.43. The second kappa shape index (κ2) is 9.06. The molecule has 0 radical (unpaired) electrons. The third kappa shape index (κ3) is 4.31. The Labute approximate surface area is 207 Å². The molecule has 10 heteroatoms. The van der Waals surface area contributed by atoms with Gasteiger partial charge in [-0.05, 0) is 50.1 Å². The molecule has 0 unspecified atom stereocenters. The third-order valence-corrected chi connectivity index (χ3v) is 8.15. The van der Waals surface area contributed by atoms with Crippen LogP contribution >= 0.6 is 0 Å². The lowest BCUT2D eigenvalue weighted by Gasteiger charge is -2.38. The number of hydrogen-bond donors (Lipinski definition) is 1. The Kier molecular flexibility index (Phi) is 5.86. The van der Waals surface area contributed by atoms with E-state index in [1.165, 1.54) is 50.8 Å². The number of carbonyl (C=O) groups is 1. The van der Waals surface area contributed by atoms with Crippen molar-refractivity contribution in [3.05, 3.63) is 59.3 Å². The number of carbonyl (C=O) groups excluding carboxylic acids is 1. The maximum atomic E-state index is 14.4. The molecule has 1 aliphatic carbocycles. The number of fused-ring (bicyclic) bond motifs is 1. The van der Waals surface area contributed by atoms with Gasteiger partial charge in [-0.1, -0.05) is 18.2 Å². The van der Waals surface area contributed by atoms with Gasteiger partial charge in [0.2, 0.25) is 0 Å². The van der Waals surface area contributed by atoms with Crippen LogP contribution in [0.4, 0.5) is 18.9 Å². The van der Waals surface area contributed by atoms with Crippen molar-refractivity contribution < 1.29 is 18.0 Å². The Morgan fingerprint density at radius 3 is 2.69 bits per heavy atom. The number of alkyl halides is 2. The van der Waals surface area contributed by atoms with Crippen molar-refractivity contribution in [2.75, 3.05) is 31.1 Å². The molecule has 1 amide bonds. The van der Waals surface area contributed by atoms with Gasteiger partial charge in [0.15, 0.2) is 5.65 Å². The summed E-state index contributed by atoms with van der Waals surface area (Å²) in [6.45, 7) is 3.98. The van der Waals surface area contributed by atoms with Gasteiger partial charge in [-0.2, -0.15) is 5.10 Å². The summed E-state index contributed by atoms with van der Waals surface area (Å²) >= 11 is 0. The van der Waals surface area contributed by atoms with Crippen LogP contribution in [-0.4, -0.2) is 57.6 Å². The van der Waals surface area contributed by atoms with E-state index in [-0.39, 0.29) is 12.1 Å². The number of piperidine rings is 1. The van der Waals surface area contributed by atoms with Gasteiger partial charge in [0.25, 0.3) is 12.3 Å². The van der Waals surface area contributed by atoms with Crippen molar-refractivity contribution in [3.8, 4) is 0 Å². The SMILES string of the molecule is O=C(NCc1cccc(C(F)F)c1F)c1cc(N2CCC(N3CCC4(CC4)C3)CC2)c2ncnn2c1. The van der Waals surface area contributed by atoms with Crippen molar-refractivity contribution in [3.63, 3.8) is 0 Å². The van der Waals surface area contributed by atoms with Gasteiger partial charge in [0.05, 0.1) is 16.8 Å². The first kappa shape index (κ1) is 23.3. The lowest BCUT2D eigenvalue weighted by Crippen LogP contribution is -2.44. The summed E-state index contributed by atoms with van der Waals surface area (Å²) in [6.07, 6.45) is 6.35. The first-order valence-electron chi connectivity index (χ1n) is 12.6. The smallest absolute Gasteiger partial charge is 0.266 e. The highest BCUT2D eigenvalue weighted by atomic mass is 19.3. The summed E-state index contributed by atoms with van der Waals surface area (Å²) in [6, 6.07) is 6.19. The lowest BCUT2D eigenvalue weighted by molar-refractivity contribution is 0.0950. The molecule has 3 aliphatic rings. The predicted molar refractivity (Wildman–Crippen MR) is 129 cm³/mol. The quantitative estimate of drug-likeness (QED) is 0.552. The number of aromatic nitrogens is 3. The van der Waals surface area contributed by atoms with Gasteiger partial charge in [0.1, 0.15) is 12.1 Å². The zero-order chi connectivity index (χ0) is 24.9. The number of pyridine rings is 1. The Morgan fingerprint density at radius 2 is 1.97 bits per heavy atom. The highest BCUT2D eigenvalue weighted by molar-refractivity contribution is 5.96. The van der Waals surface area contributed by atoms with Crippen molar-refractivity contribution in [2.45, 2.75) is 51.1 Å². The maximum absolute atomic E-state index is 14.4. The Bertz CT molecular complexity index is 1280. The van der Waals surface area contributed by atoms with E-state index in [4.69, 9.17) is 0 Å². The monoisotopic (exact) mass is 498 g/mol. The van der Waals surface area contributed by atoms with Crippen LogP contribution < -0.4 is 10.2 Å². The van der Waals surface area contributed by atoms with Crippen LogP contribution in [0.5, 0.6) is 0 Å². The first-order chi connectivity index (χ1) is 17.4. The fourth-order valence-electron chi connectivity index (χ4n) is 5.79. The molecule has 1 saturated carbocycles. The van der Waals surface area contributed by atoms with Crippen LogP contribution in [-0.2, 0) is 6.54 Å². The van der Waals surface area contributed by atoms with E-state index in [1.807, 2.05) is 0 Å². The second-order valence-electron chi connectivity index (χ2n) is 10.4. The second-order valence-corrected chi connectivity index (χ2v) is 10.4. The van der Waals surface area contributed by atoms with Crippen molar-refractivity contribution in [1.82, 2.24) is 24.8 Å². The molecule has 0 atom stereocenters. The number of amides is 1. The summed E-state index contributed by atoms with van der Waals surface area (Å²) in [5, 5.41) is 6.89. The van der Waals surface area contributed by atoms with Crippen molar-refractivity contribution in [1.29, 1.82) is 0 Å². The zero-order valence-electron chi connectivity index (χ0n) is 20.0. The number of halogens is 3. The average Bonchev–Trinajstić information content (AvgIpc) is 3.26. The molecule has 3 aromatic rings. The molecule has 2 saturated heterocycles. The number of rotatable bonds is 6. The van der Waals surface area contributed by atoms with Gasteiger partial charge < -0.3 is 10.2 Å².